The highest BCUT2D eigenvalue weighted by atomic mass is 79.9. The third-order valence-corrected chi connectivity index (χ3v) is 3.13. The number of carbonyl (C=O) groups excluding carboxylic acids is 1. The van der Waals surface area contributed by atoms with Crippen LogP contribution in [0.3, 0.4) is 0 Å². The number of nitrogens with zero attached hydrogens (tertiary/aromatic N) is 2. The Balaban J connectivity index is 2.16. The van der Waals surface area contributed by atoms with E-state index in [-0.39, 0.29) is 5.91 Å². The number of aryl methyl sites for hydroxylation is 1. The fourth-order valence-corrected chi connectivity index (χ4v) is 1.59. The van der Waals surface area contributed by atoms with Crippen LogP contribution >= 0.6 is 15.9 Å². The van der Waals surface area contributed by atoms with E-state index in [4.69, 9.17) is 0 Å². The molecule has 0 saturated carbocycles. The number of nitrogens with one attached hydrogen (secondary N) is 1. The molecule has 1 aromatic heterocycles. The van der Waals surface area contributed by atoms with E-state index in [2.05, 4.69) is 31.2 Å². The molecule has 0 atom stereocenters. The molecule has 0 radical (unpaired) electrons. The minimum atomic E-state index is -0.215. The Bertz CT molecular complexity index is 543. The van der Waals surface area contributed by atoms with Gasteiger partial charge in [0.2, 0.25) is 0 Å². The van der Waals surface area contributed by atoms with Gasteiger partial charge >= 0.3 is 0 Å². The van der Waals surface area contributed by atoms with Gasteiger partial charge in [0.25, 0.3) is 5.91 Å². The Hall–Kier alpha value is -1.75. The number of carbonyl (C=O) groups is 1. The van der Waals surface area contributed by atoms with Crippen molar-refractivity contribution in [3.8, 4) is 0 Å². The van der Waals surface area contributed by atoms with Gasteiger partial charge in [0, 0.05) is 22.6 Å². The topological polar surface area (TPSA) is 54.9 Å². The lowest BCUT2D eigenvalue weighted by Crippen LogP contribution is -2.12. The largest absolute Gasteiger partial charge is 0.322 e. The molecule has 0 fully saturated rings. The molecule has 2 aromatic rings. The summed E-state index contributed by atoms with van der Waals surface area (Å²) in [5.41, 5.74) is 2.25. The third-order valence-electron chi connectivity index (χ3n) is 2.24. The second-order valence-corrected chi connectivity index (χ2v) is 4.40. The van der Waals surface area contributed by atoms with Crippen LogP contribution in [0.4, 0.5) is 5.69 Å². The molecule has 0 spiro atoms. The summed E-state index contributed by atoms with van der Waals surface area (Å²) in [6.45, 7) is 1.96. The molecule has 0 saturated heterocycles. The normalized spacial score (nSPS) is 10.0. The van der Waals surface area contributed by atoms with Gasteiger partial charge < -0.3 is 5.32 Å². The van der Waals surface area contributed by atoms with E-state index in [0.29, 0.717) is 5.56 Å². The summed E-state index contributed by atoms with van der Waals surface area (Å²) < 4.78 is 1.01. The zero-order valence-corrected chi connectivity index (χ0v) is 10.7. The predicted octanol–water partition coefficient (Wildman–Crippen LogP) is 2.80. The number of anilines is 1. The molecule has 17 heavy (non-hydrogen) atoms. The molecular weight excluding hydrogens is 282 g/mol. The fourth-order valence-electron chi connectivity index (χ4n) is 1.34. The molecule has 0 unspecified atom stereocenters. The third kappa shape index (κ3) is 2.88. The quantitative estimate of drug-likeness (QED) is 0.926. The van der Waals surface area contributed by atoms with Crippen molar-refractivity contribution in [2.45, 2.75) is 6.92 Å². The van der Waals surface area contributed by atoms with E-state index in [0.717, 1.165) is 15.7 Å². The van der Waals surface area contributed by atoms with Crippen molar-refractivity contribution in [2.75, 3.05) is 5.32 Å². The summed E-state index contributed by atoms with van der Waals surface area (Å²) in [4.78, 5) is 19.4. The van der Waals surface area contributed by atoms with E-state index in [1.54, 1.807) is 0 Å². The van der Waals surface area contributed by atoms with Gasteiger partial charge in [0.05, 0.1) is 5.56 Å². The summed E-state index contributed by atoms with van der Waals surface area (Å²) in [7, 11) is 0. The van der Waals surface area contributed by atoms with Crippen molar-refractivity contribution in [1.82, 2.24) is 9.97 Å². The maximum absolute atomic E-state index is 11.8. The predicted molar refractivity (Wildman–Crippen MR) is 68.9 cm³/mol. The van der Waals surface area contributed by atoms with Gasteiger partial charge in [-0.15, -0.1) is 0 Å². The minimum Gasteiger partial charge on any atom is -0.322 e. The van der Waals surface area contributed by atoms with Crippen molar-refractivity contribution in [2.24, 2.45) is 0 Å². The van der Waals surface area contributed by atoms with Crippen LogP contribution in [0.2, 0.25) is 0 Å². The number of hydrogen-bond donors (Lipinski definition) is 1. The number of aromatic nitrogens is 2. The minimum absolute atomic E-state index is 0.215. The Kier molecular flexibility index (Phi) is 3.49. The maximum atomic E-state index is 11.8. The van der Waals surface area contributed by atoms with Crippen molar-refractivity contribution < 1.29 is 4.79 Å². The molecule has 5 heteroatoms. The van der Waals surface area contributed by atoms with E-state index in [9.17, 15) is 4.79 Å². The number of halogens is 1. The van der Waals surface area contributed by atoms with Crippen molar-refractivity contribution in [3.63, 3.8) is 0 Å². The van der Waals surface area contributed by atoms with Crippen LogP contribution in [0.1, 0.15) is 15.9 Å². The highest BCUT2D eigenvalue weighted by molar-refractivity contribution is 9.10. The lowest BCUT2D eigenvalue weighted by Gasteiger charge is -2.06. The Morgan fingerprint density at radius 1 is 1.29 bits per heavy atom. The van der Waals surface area contributed by atoms with Crippen molar-refractivity contribution >= 4 is 27.5 Å². The van der Waals surface area contributed by atoms with Crippen LogP contribution in [0.5, 0.6) is 0 Å². The molecule has 0 bridgehead atoms. The van der Waals surface area contributed by atoms with Crippen molar-refractivity contribution in [1.29, 1.82) is 0 Å². The SMILES string of the molecule is Cc1cc(NC(=O)c2cncnc2)ccc1Br. The highest BCUT2D eigenvalue weighted by Gasteiger charge is 2.06. The van der Waals surface area contributed by atoms with E-state index in [1.165, 1.54) is 18.7 Å². The zero-order chi connectivity index (χ0) is 12.3. The summed E-state index contributed by atoms with van der Waals surface area (Å²) >= 11 is 3.41. The van der Waals surface area contributed by atoms with Gasteiger partial charge in [-0.1, -0.05) is 15.9 Å². The number of benzene rings is 1. The molecule has 1 amide bonds. The average Bonchev–Trinajstić information content (AvgIpc) is 2.35. The molecule has 4 nitrogen and oxygen atoms in total. The van der Waals surface area contributed by atoms with Gasteiger partial charge in [0.15, 0.2) is 0 Å². The van der Waals surface area contributed by atoms with Gasteiger partial charge in [0.1, 0.15) is 6.33 Å². The molecule has 0 aliphatic heterocycles. The lowest BCUT2D eigenvalue weighted by atomic mass is 10.2. The van der Waals surface area contributed by atoms with Crippen LogP contribution < -0.4 is 5.32 Å². The van der Waals surface area contributed by atoms with E-state index in [1.807, 2.05) is 25.1 Å². The molecule has 0 aliphatic carbocycles. The smallest absolute Gasteiger partial charge is 0.258 e. The van der Waals surface area contributed by atoms with Crippen LogP contribution in [-0.4, -0.2) is 15.9 Å². The molecule has 86 valence electrons. The van der Waals surface area contributed by atoms with Crippen LogP contribution in [0.15, 0.2) is 41.4 Å². The standard InChI is InChI=1S/C12H10BrN3O/c1-8-4-10(2-3-11(8)13)16-12(17)9-5-14-7-15-6-9/h2-7H,1H3,(H,16,17). The lowest BCUT2D eigenvalue weighted by molar-refractivity contribution is 0.102. The molecule has 1 N–H and O–H groups in total. The van der Waals surface area contributed by atoms with Gasteiger partial charge in [-0.3, -0.25) is 4.79 Å². The van der Waals surface area contributed by atoms with Gasteiger partial charge in [-0.2, -0.15) is 0 Å². The van der Waals surface area contributed by atoms with Crippen LogP contribution in [-0.2, 0) is 0 Å². The van der Waals surface area contributed by atoms with Crippen LogP contribution in [0.25, 0.3) is 0 Å². The molecule has 1 aromatic carbocycles. The Morgan fingerprint density at radius 2 is 2.00 bits per heavy atom. The molecule has 0 aliphatic rings. The summed E-state index contributed by atoms with van der Waals surface area (Å²) in [6, 6.07) is 5.62. The van der Waals surface area contributed by atoms with Gasteiger partial charge in [-0.25, -0.2) is 9.97 Å². The first-order chi connectivity index (χ1) is 8.16. The second-order valence-electron chi connectivity index (χ2n) is 3.55. The highest BCUT2D eigenvalue weighted by Crippen LogP contribution is 2.20. The summed E-state index contributed by atoms with van der Waals surface area (Å²) in [6.07, 6.45) is 4.35. The molecule has 2 rings (SSSR count). The van der Waals surface area contributed by atoms with E-state index >= 15 is 0 Å². The fraction of sp³-hybridized carbons (Fsp3) is 0.0833. The Labute approximate surface area is 107 Å². The van der Waals surface area contributed by atoms with Crippen LogP contribution in [0, 0.1) is 6.92 Å². The zero-order valence-electron chi connectivity index (χ0n) is 9.14. The first-order valence-corrected chi connectivity index (χ1v) is 5.78. The number of rotatable bonds is 2. The second kappa shape index (κ2) is 5.05. The molecule has 1 heterocycles. The summed E-state index contributed by atoms with van der Waals surface area (Å²) in [5, 5.41) is 2.79. The number of amides is 1. The Morgan fingerprint density at radius 3 is 2.65 bits per heavy atom. The summed E-state index contributed by atoms with van der Waals surface area (Å²) in [5.74, 6) is -0.215. The van der Waals surface area contributed by atoms with Gasteiger partial charge in [-0.05, 0) is 30.7 Å². The molecular formula is C12H10BrN3O. The monoisotopic (exact) mass is 291 g/mol. The average molecular weight is 292 g/mol. The number of hydrogen-bond acceptors (Lipinski definition) is 3. The van der Waals surface area contributed by atoms with E-state index < -0.39 is 0 Å². The first kappa shape index (κ1) is 11.7. The first-order valence-electron chi connectivity index (χ1n) is 4.99. The maximum Gasteiger partial charge on any atom is 0.258 e. The van der Waals surface area contributed by atoms with Crippen molar-refractivity contribution in [3.05, 3.63) is 52.5 Å².